The summed E-state index contributed by atoms with van der Waals surface area (Å²) >= 11 is 2.43. The van der Waals surface area contributed by atoms with Crippen molar-refractivity contribution in [3.05, 3.63) is 84.0 Å². The van der Waals surface area contributed by atoms with Gasteiger partial charge in [0.1, 0.15) is 11.5 Å². The first-order valence-electron chi connectivity index (χ1n) is 16.5. The molecule has 0 spiro atoms. The van der Waals surface area contributed by atoms with Crippen molar-refractivity contribution in [2.45, 2.75) is 104 Å². The van der Waals surface area contributed by atoms with Gasteiger partial charge in [-0.15, -0.1) is 0 Å². The SMILES string of the molecule is CCCCCC/C=C\CCCI.CCCCCC/C=C\CCCOc1cccc(C(=O)OC)c1.COC(=O)c1cccc(O)c1. The summed E-state index contributed by atoms with van der Waals surface area (Å²) in [5.74, 6) is -0.00305. The molecular formula is C38H57IO6. The van der Waals surface area contributed by atoms with Crippen molar-refractivity contribution in [2.75, 3.05) is 25.3 Å². The van der Waals surface area contributed by atoms with Crippen LogP contribution in [0.5, 0.6) is 11.5 Å². The number of hydrogen-bond acceptors (Lipinski definition) is 6. The number of methoxy groups -OCH3 is 2. The Hall–Kier alpha value is -2.81. The van der Waals surface area contributed by atoms with Crippen molar-refractivity contribution >= 4 is 34.5 Å². The number of aromatic hydroxyl groups is 1. The molecule has 0 bridgehead atoms. The summed E-state index contributed by atoms with van der Waals surface area (Å²) in [6.07, 6.45) is 27.1. The molecule has 7 heteroatoms. The molecule has 1 N–H and O–H groups in total. The summed E-state index contributed by atoms with van der Waals surface area (Å²) < 4.78 is 16.1. The molecule has 0 unspecified atom stereocenters. The number of benzene rings is 2. The lowest BCUT2D eigenvalue weighted by Crippen LogP contribution is -2.02. The molecule has 2 aromatic rings. The molecule has 0 aliphatic rings. The number of esters is 2. The van der Waals surface area contributed by atoms with Crippen molar-refractivity contribution in [2.24, 2.45) is 0 Å². The lowest BCUT2D eigenvalue weighted by Gasteiger charge is -2.06. The summed E-state index contributed by atoms with van der Waals surface area (Å²) in [4.78, 5) is 22.3. The summed E-state index contributed by atoms with van der Waals surface area (Å²) in [5, 5.41) is 8.95. The van der Waals surface area contributed by atoms with Gasteiger partial charge in [0.2, 0.25) is 0 Å². The fourth-order valence-corrected chi connectivity index (χ4v) is 4.46. The van der Waals surface area contributed by atoms with Crippen LogP contribution in [0.1, 0.15) is 124 Å². The van der Waals surface area contributed by atoms with Gasteiger partial charge >= 0.3 is 11.9 Å². The summed E-state index contributed by atoms with van der Waals surface area (Å²) in [7, 11) is 2.68. The van der Waals surface area contributed by atoms with Crippen LogP contribution >= 0.6 is 22.6 Å². The Bertz CT molecular complexity index is 1070. The number of phenolic OH excluding ortho intramolecular Hbond substituents is 1. The Kier molecular flexibility index (Phi) is 29.2. The molecule has 0 fully saturated rings. The minimum Gasteiger partial charge on any atom is -0.508 e. The highest BCUT2D eigenvalue weighted by Gasteiger charge is 2.06. The smallest absolute Gasteiger partial charge is 0.337 e. The van der Waals surface area contributed by atoms with Gasteiger partial charge < -0.3 is 19.3 Å². The van der Waals surface area contributed by atoms with Crippen LogP contribution in [0, 0.1) is 0 Å². The van der Waals surface area contributed by atoms with Crippen LogP contribution in [0.2, 0.25) is 0 Å². The molecule has 0 heterocycles. The zero-order valence-corrected chi connectivity index (χ0v) is 30.3. The predicted octanol–water partition coefficient (Wildman–Crippen LogP) is 11.1. The summed E-state index contributed by atoms with van der Waals surface area (Å²) in [6, 6.07) is 13.1. The second-order valence-electron chi connectivity index (χ2n) is 10.5. The van der Waals surface area contributed by atoms with E-state index in [0.29, 0.717) is 23.5 Å². The molecule has 0 aliphatic carbocycles. The molecule has 0 aromatic heterocycles. The average molecular weight is 737 g/mol. The Morgan fingerprint density at radius 3 is 1.64 bits per heavy atom. The first kappa shape index (κ1) is 42.2. The van der Waals surface area contributed by atoms with Gasteiger partial charge in [-0.3, -0.25) is 0 Å². The Labute approximate surface area is 286 Å². The van der Waals surface area contributed by atoms with E-state index in [2.05, 4.69) is 65.5 Å². The molecule has 0 amide bonds. The summed E-state index contributed by atoms with van der Waals surface area (Å²) in [5.41, 5.74) is 0.875. The Balaban J connectivity index is 0.000000710. The van der Waals surface area contributed by atoms with E-state index in [4.69, 9.17) is 14.6 Å². The molecule has 0 saturated heterocycles. The number of carbonyl (C=O) groups is 2. The molecular weight excluding hydrogens is 679 g/mol. The number of allylic oxidation sites excluding steroid dienone is 4. The van der Waals surface area contributed by atoms with E-state index in [1.54, 1.807) is 30.3 Å². The monoisotopic (exact) mass is 736 g/mol. The molecule has 0 radical (unpaired) electrons. The van der Waals surface area contributed by atoms with E-state index in [9.17, 15) is 9.59 Å². The minimum absolute atomic E-state index is 0.0629. The second kappa shape index (κ2) is 31.2. The van der Waals surface area contributed by atoms with Crippen molar-refractivity contribution in [3.63, 3.8) is 0 Å². The fraction of sp³-hybridized carbons (Fsp3) is 0.526. The minimum atomic E-state index is -0.444. The van der Waals surface area contributed by atoms with Gasteiger partial charge in [0.15, 0.2) is 0 Å². The lowest BCUT2D eigenvalue weighted by atomic mass is 10.1. The topological polar surface area (TPSA) is 82.1 Å². The van der Waals surface area contributed by atoms with E-state index < -0.39 is 5.97 Å². The molecule has 6 nitrogen and oxygen atoms in total. The zero-order chi connectivity index (χ0) is 33.4. The van der Waals surface area contributed by atoms with Gasteiger partial charge in [-0.2, -0.15) is 0 Å². The molecule has 2 rings (SSSR count). The summed E-state index contributed by atoms with van der Waals surface area (Å²) in [6.45, 7) is 5.15. The van der Waals surface area contributed by atoms with Gasteiger partial charge in [0.25, 0.3) is 0 Å². The third-order valence-corrected chi connectivity index (χ3v) is 7.36. The van der Waals surface area contributed by atoms with E-state index in [1.807, 2.05) is 6.07 Å². The maximum absolute atomic E-state index is 11.4. The zero-order valence-electron chi connectivity index (χ0n) is 28.1. The van der Waals surface area contributed by atoms with Crippen LogP contribution in [-0.2, 0) is 9.47 Å². The van der Waals surface area contributed by atoms with E-state index in [1.165, 1.54) is 108 Å². The van der Waals surface area contributed by atoms with E-state index >= 15 is 0 Å². The van der Waals surface area contributed by atoms with Gasteiger partial charge in [-0.1, -0.05) is 111 Å². The number of halogens is 1. The fourth-order valence-electron chi connectivity index (χ4n) is 4.02. The first-order valence-corrected chi connectivity index (χ1v) is 18.0. The van der Waals surface area contributed by atoms with Crippen LogP contribution < -0.4 is 4.74 Å². The van der Waals surface area contributed by atoms with E-state index in [-0.39, 0.29) is 11.7 Å². The maximum Gasteiger partial charge on any atom is 0.337 e. The van der Waals surface area contributed by atoms with Crippen LogP contribution in [-0.4, -0.2) is 42.3 Å². The van der Waals surface area contributed by atoms with E-state index in [0.717, 1.165) is 12.8 Å². The molecule has 2 aromatic carbocycles. The van der Waals surface area contributed by atoms with Crippen molar-refractivity contribution in [1.82, 2.24) is 0 Å². The highest BCUT2D eigenvalue weighted by Crippen LogP contribution is 2.15. The van der Waals surface area contributed by atoms with Crippen molar-refractivity contribution in [3.8, 4) is 11.5 Å². The van der Waals surface area contributed by atoms with Crippen LogP contribution in [0.4, 0.5) is 0 Å². The molecule has 0 saturated carbocycles. The van der Waals surface area contributed by atoms with Gasteiger partial charge in [-0.05, 0) is 92.2 Å². The Morgan fingerprint density at radius 2 is 1.16 bits per heavy atom. The third kappa shape index (κ3) is 25.1. The number of rotatable bonds is 20. The predicted molar refractivity (Wildman–Crippen MR) is 196 cm³/mol. The number of phenols is 1. The molecule has 252 valence electrons. The number of alkyl halides is 1. The van der Waals surface area contributed by atoms with Crippen molar-refractivity contribution < 1.29 is 28.9 Å². The van der Waals surface area contributed by atoms with Crippen LogP contribution in [0.15, 0.2) is 72.8 Å². The van der Waals surface area contributed by atoms with Gasteiger partial charge in [-0.25, -0.2) is 9.59 Å². The largest absolute Gasteiger partial charge is 0.508 e. The average Bonchev–Trinajstić information content (AvgIpc) is 3.07. The normalized spacial score (nSPS) is 10.5. The lowest BCUT2D eigenvalue weighted by molar-refractivity contribution is 0.0591. The quantitative estimate of drug-likeness (QED) is 0.0479. The second-order valence-corrected chi connectivity index (χ2v) is 11.6. The Morgan fingerprint density at radius 1 is 0.667 bits per heavy atom. The van der Waals surface area contributed by atoms with Gasteiger partial charge in [0, 0.05) is 0 Å². The third-order valence-electron chi connectivity index (χ3n) is 6.59. The maximum atomic E-state index is 11.4. The van der Waals surface area contributed by atoms with Crippen LogP contribution in [0.25, 0.3) is 0 Å². The molecule has 0 aliphatic heterocycles. The highest BCUT2D eigenvalue weighted by atomic mass is 127. The standard InChI is InChI=1S/C19H28O3.C11H21I.C8H8O3/c1-3-4-5-6-7-8-9-10-11-15-22-18-14-12-13-17(16-18)19(20)21-2;1-2-3-4-5-6-7-8-9-10-11-12;1-11-8(10)6-3-2-4-7(9)5-6/h8-9,12-14,16H,3-7,10-11,15H2,1-2H3;7-8H,2-6,9-11H2,1H3;2-5,9H,1H3/b9-8-;8-7-;. The number of unbranched alkanes of at least 4 members (excludes halogenated alkanes) is 10. The first-order chi connectivity index (χ1) is 21.9. The molecule has 45 heavy (non-hydrogen) atoms. The number of hydrogen-bond donors (Lipinski definition) is 1. The number of ether oxygens (including phenoxy) is 3. The van der Waals surface area contributed by atoms with Crippen LogP contribution in [0.3, 0.4) is 0 Å². The van der Waals surface area contributed by atoms with Gasteiger partial charge in [0.05, 0.1) is 32.0 Å². The highest BCUT2D eigenvalue weighted by molar-refractivity contribution is 14.1. The van der Waals surface area contributed by atoms with Crippen molar-refractivity contribution in [1.29, 1.82) is 0 Å². The molecule has 0 atom stereocenters. The number of carbonyl (C=O) groups excluding carboxylic acids is 2.